The highest BCUT2D eigenvalue weighted by molar-refractivity contribution is 6.31. The lowest BCUT2D eigenvalue weighted by atomic mass is 10.0. The zero-order valence-corrected chi connectivity index (χ0v) is 15.5. The average molecular weight is 372 g/mol. The Bertz CT molecular complexity index is 769. The summed E-state index contributed by atoms with van der Waals surface area (Å²) in [5.41, 5.74) is 1.51. The van der Waals surface area contributed by atoms with Crippen molar-refractivity contribution in [2.45, 2.75) is 25.7 Å². The molecule has 0 bridgehead atoms. The van der Waals surface area contributed by atoms with Crippen LogP contribution in [0.1, 0.15) is 41.6 Å². The maximum atomic E-state index is 12.8. The summed E-state index contributed by atoms with van der Waals surface area (Å²) >= 11 is 6.09. The van der Waals surface area contributed by atoms with Crippen LogP contribution >= 0.6 is 11.6 Å². The van der Waals surface area contributed by atoms with E-state index in [-0.39, 0.29) is 11.7 Å². The third-order valence-electron chi connectivity index (χ3n) is 4.76. The lowest BCUT2D eigenvalue weighted by molar-refractivity contribution is -0.890. The Morgan fingerprint density at radius 3 is 2.35 bits per heavy atom. The van der Waals surface area contributed by atoms with E-state index in [0.717, 1.165) is 13.1 Å². The monoisotopic (exact) mass is 371 g/mol. The van der Waals surface area contributed by atoms with Gasteiger partial charge in [-0.25, -0.2) is 0 Å². The number of likely N-dealkylation sites (tertiary alicyclic amines) is 1. The predicted octanol–water partition coefficient (Wildman–Crippen LogP) is 2.97. The molecule has 2 N–H and O–H groups in total. The first-order valence-corrected chi connectivity index (χ1v) is 9.54. The zero-order chi connectivity index (χ0) is 18.4. The van der Waals surface area contributed by atoms with Crippen molar-refractivity contribution in [1.29, 1.82) is 0 Å². The van der Waals surface area contributed by atoms with Crippen LogP contribution in [0.2, 0.25) is 5.02 Å². The van der Waals surface area contributed by atoms with Crippen molar-refractivity contribution >= 4 is 29.0 Å². The average Bonchev–Trinajstić information content (AvgIpc) is 2.92. The molecule has 0 aliphatic carbocycles. The van der Waals surface area contributed by atoms with Crippen LogP contribution in [0.3, 0.4) is 0 Å². The van der Waals surface area contributed by atoms with Gasteiger partial charge >= 0.3 is 0 Å². The minimum absolute atomic E-state index is 0.0636. The first-order valence-electron chi connectivity index (χ1n) is 9.16. The molecule has 5 heteroatoms. The first kappa shape index (κ1) is 18.6. The van der Waals surface area contributed by atoms with Crippen molar-refractivity contribution < 1.29 is 14.5 Å². The van der Waals surface area contributed by atoms with Crippen LogP contribution in [0, 0.1) is 0 Å². The van der Waals surface area contributed by atoms with Crippen molar-refractivity contribution in [1.82, 2.24) is 0 Å². The molecular formula is C21H24ClN2O2+. The van der Waals surface area contributed by atoms with Gasteiger partial charge < -0.3 is 10.2 Å². The summed E-state index contributed by atoms with van der Waals surface area (Å²) in [6, 6.07) is 14.0. The third kappa shape index (κ3) is 4.93. The van der Waals surface area contributed by atoms with Gasteiger partial charge in [0.1, 0.15) is 0 Å². The van der Waals surface area contributed by atoms with Gasteiger partial charge in [0.05, 0.1) is 18.8 Å². The van der Waals surface area contributed by atoms with Gasteiger partial charge in [-0.15, -0.1) is 0 Å². The molecule has 26 heavy (non-hydrogen) atoms. The highest BCUT2D eigenvalue weighted by Gasteiger charge is 2.19. The smallest absolute Gasteiger partial charge is 0.279 e. The zero-order valence-electron chi connectivity index (χ0n) is 14.8. The summed E-state index contributed by atoms with van der Waals surface area (Å²) in [7, 11) is 0. The standard InChI is InChI=1S/C21H23ClN2O2/c22-17-10-11-19(18(14-17)21(26)16-8-4-3-5-9-16)23-20(25)15-24-12-6-1-2-7-13-24/h3-5,8-11,14H,1-2,6-7,12-13,15H2,(H,23,25)/p+1. The minimum Gasteiger partial charge on any atom is -0.327 e. The van der Waals surface area contributed by atoms with E-state index in [1.165, 1.54) is 30.6 Å². The van der Waals surface area contributed by atoms with Crippen LogP contribution in [-0.4, -0.2) is 31.3 Å². The Labute approximate surface area is 159 Å². The van der Waals surface area contributed by atoms with Gasteiger partial charge in [-0.05, 0) is 43.9 Å². The third-order valence-corrected chi connectivity index (χ3v) is 4.99. The summed E-state index contributed by atoms with van der Waals surface area (Å²) in [5.74, 6) is -0.211. The van der Waals surface area contributed by atoms with Crippen LogP contribution in [0.4, 0.5) is 5.69 Å². The molecule has 0 unspecified atom stereocenters. The molecule has 0 saturated carbocycles. The molecule has 0 atom stereocenters. The molecule has 1 fully saturated rings. The van der Waals surface area contributed by atoms with Gasteiger partial charge in [-0.2, -0.15) is 0 Å². The van der Waals surface area contributed by atoms with E-state index in [0.29, 0.717) is 28.4 Å². The van der Waals surface area contributed by atoms with Crippen molar-refractivity contribution in [2.24, 2.45) is 0 Å². The number of quaternary nitrogens is 1. The topological polar surface area (TPSA) is 50.6 Å². The summed E-state index contributed by atoms with van der Waals surface area (Å²) in [4.78, 5) is 26.6. The van der Waals surface area contributed by atoms with Crippen LogP contribution in [0.15, 0.2) is 48.5 Å². The van der Waals surface area contributed by atoms with Gasteiger partial charge in [0.15, 0.2) is 12.3 Å². The number of benzene rings is 2. The second-order valence-electron chi connectivity index (χ2n) is 6.77. The lowest BCUT2D eigenvalue weighted by Gasteiger charge is -2.17. The minimum atomic E-state index is -0.148. The van der Waals surface area contributed by atoms with Crippen LogP contribution in [0.5, 0.6) is 0 Å². The quantitative estimate of drug-likeness (QED) is 0.794. The van der Waals surface area contributed by atoms with E-state index >= 15 is 0 Å². The number of anilines is 1. The molecule has 0 radical (unpaired) electrons. The molecule has 2 aromatic carbocycles. The number of rotatable bonds is 5. The maximum absolute atomic E-state index is 12.8. The molecule has 1 saturated heterocycles. The van der Waals surface area contributed by atoms with E-state index in [2.05, 4.69) is 5.32 Å². The SMILES string of the molecule is O=C(C[NH+]1CCCCCC1)Nc1ccc(Cl)cc1C(=O)c1ccccc1. The Morgan fingerprint density at radius 2 is 1.65 bits per heavy atom. The number of ketones is 1. The fourth-order valence-electron chi connectivity index (χ4n) is 3.39. The van der Waals surface area contributed by atoms with E-state index in [1.54, 1.807) is 30.3 Å². The number of hydrogen-bond acceptors (Lipinski definition) is 2. The van der Waals surface area contributed by atoms with Crippen molar-refractivity contribution in [2.75, 3.05) is 25.0 Å². The summed E-state index contributed by atoms with van der Waals surface area (Å²) in [6.45, 7) is 2.50. The fraction of sp³-hybridized carbons (Fsp3) is 0.333. The highest BCUT2D eigenvalue weighted by atomic mass is 35.5. The largest absolute Gasteiger partial charge is 0.327 e. The van der Waals surface area contributed by atoms with Crippen LogP contribution < -0.4 is 10.2 Å². The van der Waals surface area contributed by atoms with Gasteiger partial charge in [-0.1, -0.05) is 41.9 Å². The molecule has 1 aliphatic heterocycles. The number of amides is 1. The molecule has 0 spiro atoms. The first-order chi connectivity index (χ1) is 12.6. The van der Waals surface area contributed by atoms with E-state index in [9.17, 15) is 9.59 Å². The van der Waals surface area contributed by atoms with E-state index in [1.807, 2.05) is 18.2 Å². The Hall–Kier alpha value is -2.17. The molecule has 0 aromatic heterocycles. The molecule has 1 amide bonds. The van der Waals surface area contributed by atoms with Gasteiger partial charge in [-0.3, -0.25) is 9.59 Å². The molecule has 4 nitrogen and oxygen atoms in total. The molecular weight excluding hydrogens is 348 g/mol. The Morgan fingerprint density at radius 1 is 0.962 bits per heavy atom. The van der Waals surface area contributed by atoms with Gasteiger partial charge in [0.2, 0.25) is 0 Å². The van der Waals surface area contributed by atoms with E-state index < -0.39 is 0 Å². The number of hydrogen-bond donors (Lipinski definition) is 2. The van der Waals surface area contributed by atoms with Crippen molar-refractivity contribution in [3.63, 3.8) is 0 Å². The number of nitrogens with one attached hydrogen (secondary N) is 2. The van der Waals surface area contributed by atoms with Crippen molar-refractivity contribution in [3.8, 4) is 0 Å². The highest BCUT2D eigenvalue weighted by Crippen LogP contribution is 2.23. The predicted molar refractivity (Wildman–Crippen MR) is 104 cm³/mol. The van der Waals surface area contributed by atoms with Crippen molar-refractivity contribution in [3.05, 3.63) is 64.7 Å². The summed E-state index contributed by atoms with van der Waals surface area (Å²) in [6.07, 6.45) is 4.83. The molecule has 1 aliphatic rings. The Kier molecular flexibility index (Phi) is 6.42. The molecule has 1 heterocycles. The Balaban J connectivity index is 1.75. The second-order valence-corrected chi connectivity index (χ2v) is 7.21. The fourth-order valence-corrected chi connectivity index (χ4v) is 3.56. The van der Waals surface area contributed by atoms with Gasteiger partial charge in [0, 0.05) is 16.1 Å². The second kappa shape index (κ2) is 8.97. The molecule has 3 rings (SSSR count). The summed E-state index contributed by atoms with van der Waals surface area (Å²) < 4.78 is 0. The van der Waals surface area contributed by atoms with E-state index in [4.69, 9.17) is 11.6 Å². The number of carbonyl (C=O) groups excluding carboxylic acids is 2. The normalized spacial score (nSPS) is 15.3. The van der Waals surface area contributed by atoms with Gasteiger partial charge in [0.25, 0.3) is 5.91 Å². The number of halogens is 1. The molecule has 2 aromatic rings. The molecule has 136 valence electrons. The van der Waals surface area contributed by atoms with Crippen LogP contribution in [0.25, 0.3) is 0 Å². The lowest BCUT2D eigenvalue weighted by Crippen LogP contribution is -3.12. The maximum Gasteiger partial charge on any atom is 0.279 e. The summed E-state index contributed by atoms with van der Waals surface area (Å²) in [5, 5.41) is 3.39. The number of carbonyl (C=O) groups is 2. The van der Waals surface area contributed by atoms with Crippen LogP contribution in [-0.2, 0) is 4.79 Å².